The lowest BCUT2D eigenvalue weighted by molar-refractivity contribution is -0.147. The molecule has 0 amide bonds. The molecule has 0 bridgehead atoms. The minimum atomic E-state index is -1.14. The predicted octanol–water partition coefficient (Wildman–Crippen LogP) is 1.28. The van der Waals surface area contributed by atoms with Crippen molar-refractivity contribution in [1.29, 1.82) is 0 Å². The van der Waals surface area contributed by atoms with Gasteiger partial charge in [-0.15, -0.1) is 0 Å². The van der Waals surface area contributed by atoms with Crippen molar-refractivity contribution in [2.45, 2.75) is 38.3 Å². The van der Waals surface area contributed by atoms with E-state index in [9.17, 15) is 9.90 Å². The van der Waals surface area contributed by atoms with E-state index in [0.29, 0.717) is 17.9 Å². The number of rotatable bonds is 4. The number of aliphatic hydroxyl groups excluding tert-OH is 1. The number of aliphatic hydroxyl groups is 1. The van der Waals surface area contributed by atoms with Crippen LogP contribution in [0.1, 0.15) is 38.0 Å². The second kappa shape index (κ2) is 5.42. The van der Waals surface area contributed by atoms with Crippen LogP contribution >= 0.6 is 0 Å². The van der Waals surface area contributed by atoms with Gasteiger partial charge in [0.1, 0.15) is 17.9 Å². The summed E-state index contributed by atoms with van der Waals surface area (Å²) in [6, 6.07) is 4.41. The molecule has 5 heteroatoms. The monoisotopic (exact) mass is 279 g/mol. The molecule has 3 N–H and O–H groups in total. The van der Waals surface area contributed by atoms with E-state index in [1.165, 1.54) is 0 Å². The zero-order chi connectivity index (χ0) is 14.9. The first-order valence-corrected chi connectivity index (χ1v) is 6.75. The normalized spacial score (nSPS) is 18.9. The first-order valence-electron chi connectivity index (χ1n) is 6.75. The van der Waals surface area contributed by atoms with E-state index >= 15 is 0 Å². The summed E-state index contributed by atoms with van der Waals surface area (Å²) >= 11 is 0. The van der Waals surface area contributed by atoms with E-state index in [-0.39, 0.29) is 12.0 Å². The number of carbonyl (C=O) groups is 1. The van der Waals surface area contributed by atoms with Crippen LogP contribution in [-0.2, 0) is 14.9 Å². The Morgan fingerprint density at radius 1 is 1.55 bits per heavy atom. The van der Waals surface area contributed by atoms with Gasteiger partial charge in [-0.3, -0.25) is 4.79 Å². The highest BCUT2D eigenvalue weighted by Gasteiger charge is 2.36. The molecule has 0 saturated carbocycles. The van der Waals surface area contributed by atoms with Gasteiger partial charge in [0.15, 0.2) is 0 Å². The molecule has 5 nitrogen and oxygen atoms in total. The van der Waals surface area contributed by atoms with Gasteiger partial charge >= 0.3 is 5.97 Å². The predicted molar refractivity (Wildman–Crippen MR) is 74.5 cm³/mol. The molecule has 1 aromatic rings. The van der Waals surface area contributed by atoms with Gasteiger partial charge in [-0.25, -0.2) is 0 Å². The molecular formula is C15H21NO4. The molecule has 1 aliphatic rings. The zero-order valence-corrected chi connectivity index (χ0v) is 12.1. The molecule has 0 saturated heterocycles. The maximum Gasteiger partial charge on any atom is 0.325 e. The number of hydrogen-bond donors (Lipinski definition) is 2. The molecule has 0 aromatic heterocycles. The van der Waals surface area contributed by atoms with Gasteiger partial charge in [-0.1, -0.05) is 32.0 Å². The second-order valence-electron chi connectivity index (χ2n) is 5.62. The van der Waals surface area contributed by atoms with Crippen molar-refractivity contribution in [3.63, 3.8) is 0 Å². The third-order valence-corrected chi connectivity index (χ3v) is 3.57. The Labute approximate surface area is 118 Å². The van der Waals surface area contributed by atoms with E-state index in [4.69, 9.17) is 15.2 Å². The molecule has 2 atom stereocenters. The van der Waals surface area contributed by atoms with Crippen LogP contribution in [0.15, 0.2) is 18.2 Å². The fourth-order valence-corrected chi connectivity index (χ4v) is 2.37. The standard InChI is InChI=1S/C15H21NO4/c1-4-19-14(18)11(16)12(17)9-6-5-7-10-13(9)20-8-15(10,2)3/h5-7,11-12,17H,4,8,16H2,1-3H3. The lowest BCUT2D eigenvalue weighted by Gasteiger charge is -2.20. The maximum absolute atomic E-state index is 11.6. The van der Waals surface area contributed by atoms with Gasteiger partial charge in [0, 0.05) is 16.5 Å². The zero-order valence-electron chi connectivity index (χ0n) is 12.1. The minimum Gasteiger partial charge on any atom is -0.492 e. The molecule has 1 heterocycles. The average molecular weight is 279 g/mol. The lowest BCUT2D eigenvalue weighted by Crippen LogP contribution is -2.38. The summed E-state index contributed by atoms with van der Waals surface area (Å²) in [5, 5.41) is 10.3. The van der Waals surface area contributed by atoms with Crippen LogP contribution in [0.25, 0.3) is 0 Å². The van der Waals surface area contributed by atoms with Gasteiger partial charge < -0.3 is 20.3 Å². The molecular weight excluding hydrogens is 258 g/mol. The van der Waals surface area contributed by atoms with Crippen LogP contribution in [0.2, 0.25) is 0 Å². The van der Waals surface area contributed by atoms with Crippen LogP contribution in [-0.4, -0.2) is 30.3 Å². The molecule has 110 valence electrons. The fraction of sp³-hybridized carbons (Fsp3) is 0.533. The smallest absolute Gasteiger partial charge is 0.325 e. The Balaban J connectivity index is 2.31. The van der Waals surface area contributed by atoms with E-state index in [1.807, 2.05) is 12.1 Å². The largest absolute Gasteiger partial charge is 0.492 e. The van der Waals surface area contributed by atoms with Crippen molar-refractivity contribution in [2.75, 3.05) is 13.2 Å². The van der Waals surface area contributed by atoms with Gasteiger partial charge in [-0.2, -0.15) is 0 Å². The summed E-state index contributed by atoms with van der Waals surface area (Å²) in [6.07, 6.45) is -1.14. The van der Waals surface area contributed by atoms with Crippen molar-refractivity contribution in [1.82, 2.24) is 0 Å². The number of benzene rings is 1. The van der Waals surface area contributed by atoms with E-state index in [2.05, 4.69) is 13.8 Å². The summed E-state index contributed by atoms with van der Waals surface area (Å²) in [7, 11) is 0. The molecule has 0 radical (unpaired) electrons. The Bertz CT molecular complexity index is 513. The molecule has 0 aliphatic carbocycles. The van der Waals surface area contributed by atoms with Crippen molar-refractivity contribution < 1.29 is 19.4 Å². The minimum absolute atomic E-state index is 0.112. The summed E-state index contributed by atoms with van der Waals surface area (Å²) in [6.45, 7) is 6.61. The van der Waals surface area contributed by atoms with Gasteiger partial charge in [0.2, 0.25) is 0 Å². The molecule has 1 aromatic carbocycles. The Kier molecular flexibility index (Phi) is 4.01. The molecule has 1 aliphatic heterocycles. The topological polar surface area (TPSA) is 81.8 Å². The summed E-state index contributed by atoms with van der Waals surface area (Å²) in [5.41, 5.74) is 7.20. The Morgan fingerprint density at radius 3 is 2.90 bits per heavy atom. The Hall–Kier alpha value is -1.59. The number of carbonyl (C=O) groups excluding carboxylic acids is 1. The van der Waals surface area contributed by atoms with E-state index in [0.717, 1.165) is 5.56 Å². The summed E-state index contributed by atoms with van der Waals surface area (Å²) in [4.78, 5) is 11.6. The van der Waals surface area contributed by atoms with Crippen molar-refractivity contribution in [2.24, 2.45) is 5.73 Å². The average Bonchev–Trinajstić information content (AvgIpc) is 2.73. The van der Waals surface area contributed by atoms with Gasteiger partial charge in [-0.05, 0) is 6.92 Å². The van der Waals surface area contributed by atoms with Gasteiger partial charge in [0.25, 0.3) is 0 Å². The fourth-order valence-electron chi connectivity index (χ4n) is 2.37. The summed E-state index contributed by atoms with van der Waals surface area (Å²) < 4.78 is 10.5. The molecule has 0 fully saturated rings. The highest BCUT2D eigenvalue weighted by atomic mass is 16.5. The first-order chi connectivity index (χ1) is 9.38. The maximum atomic E-state index is 11.6. The van der Waals surface area contributed by atoms with E-state index in [1.54, 1.807) is 13.0 Å². The number of fused-ring (bicyclic) bond motifs is 1. The quantitative estimate of drug-likeness (QED) is 0.811. The van der Waals surface area contributed by atoms with Crippen LogP contribution in [0, 0.1) is 0 Å². The molecule has 0 spiro atoms. The highest BCUT2D eigenvalue weighted by molar-refractivity contribution is 5.76. The van der Waals surface area contributed by atoms with Crippen molar-refractivity contribution in [3.05, 3.63) is 29.3 Å². The third kappa shape index (κ3) is 2.51. The molecule has 2 unspecified atom stereocenters. The van der Waals surface area contributed by atoms with Crippen LogP contribution < -0.4 is 10.5 Å². The highest BCUT2D eigenvalue weighted by Crippen LogP contribution is 2.42. The number of para-hydroxylation sites is 1. The molecule has 2 rings (SSSR count). The first kappa shape index (κ1) is 14.8. The number of hydrogen-bond acceptors (Lipinski definition) is 5. The van der Waals surface area contributed by atoms with Crippen molar-refractivity contribution >= 4 is 5.97 Å². The third-order valence-electron chi connectivity index (χ3n) is 3.57. The SMILES string of the molecule is CCOC(=O)C(N)C(O)c1cccc2c1OCC2(C)C. The summed E-state index contributed by atoms with van der Waals surface area (Å²) in [5.74, 6) is 0.0135. The van der Waals surface area contributed by atoms with Crippen LogP contribution in [0.5, 0.6) is 5.75 Å². The Morgan fingerprint density at radius 2 is 2.25 bits per heavy atom. The van der Waals surface area contributed by atoms with Crippen LogP contribution in [0.3, 0.4) is 0 Å². The number of nitrogens with two attached hydrogens (primary N) is 1. The van der Waals surface area contributed by atoms with Crippen molar-refractivity contribution in [3.8, 4) is 5.75 Å². The van der Waals surface area contributed by atoms with E-state index < -0.39 is 18.1 Å². The second-order valence-corrected chi connectivity index (χ2v) is 5.62. The number of esters is 1. The number of ether oxygens (including phenoxy) is 2. The van der Waals surface area contributed by atoms with Gasteiger partial charge in [0.05, 0.1) is 13.2 Å². The molecule has 20 heavy (non-hydrogen) atoms. The lowest BCUT2D eigenvalue weighted by atomic mass is 9.85. The van der Waals surface area contributed by atoms with Crippen LogP contribution in [0.4, 0.5) is 0 Å².